The van der Waals surface area contributed by atoms with Crippen LogP contribution in [0.25, 0.3) is 33.5 Å². The van der Waals surface area contributed by atoms with E-state index in [1.807, 2.05) is 6.07 Å². The number of nitrogens with one attached hydrogen (secondary N) is 2. The zero-order chi connectivity index (χ0) is 22.7. The van der Waals surface area contributed by atoms with E-state index in [0.29, 0.717) is 33.9 Å². The number of ether oxygens (including phenoxy) is 1. The standard InChI is InChI=1S/C23H22N4O5/c1-32-23-16(3-2-8-24-23)13-5-7-20(30)17(9-13)21-26-18-6-4-14(10-19(18)27-21)22(31)25-15(11-28)12-29/h2-10,15,28-30H,11-12H2,1H3,(H,25,31)(H,26,27). The van der Waals surface area contributed by atoms with E-state index in [-0.39, 0.29) is 19.0 Å². The van der Waals surface area contributed by atoms with Crippen LogP contribution in [0.2, 0.25) is 0 Å². The van der Waals surface area contributed by atoms with Crippen molar-refractivity contribution >= 4 is 16.9 Å². The van der Waals surface area contributed by atoms with Gasteiger partial charge in [0.05, 0.1) is 43.0 Å². The van der Waals surface area contributed by atoms with Gasteiger partial charge in [-0.05, 0) is 48.0 Å². The molecule has 0 aliphatic carbocycles. The summed E-state index contributed by atoms with van der Waals surface area (Å²) in [5.41, 5.74) is 3.60. The van der Waals surface area contributed by atoms with Gasteiger partial charge in [-0.2, -0.15) is 0 Å². The third-order valence-corrected chi connectivity index (χ3v) is 5.05. The number of hydrogen-bond acceptors (Lipinski definition) is 7. The van der Waals surface area contributed by atoms with Gasteiger partial charge in [-0.25, -0.2) is 9.97 Å². The number of benzene rings is 2. The number of aromatic hydroxyl groups is 1. The second-order valence-corrected chi connectivity index (χ2v) is 7.15. The summed E-state index contributed by atoms with van der Waals surface area (Å²) in [5.74, 6) is 0.517. The van der Waals surface area contributed by atoms with Crippen LogP contribution in [0, 0.1) is 0 Å². The average Bonchev–Trinajstić information content (AvgIpc) is 3.25. The van der Waals surface area contributed by atoms with E-state index in [0.717, 1.165) is 11.1 Å². The van der Waals surface area contributed by atoms with Gasteiger partial charge in [0.2, 0.25) is 5.88 Å². The summed E-state index contributed by atoms with van der Waals surface area (Å²) in [5, 5.41) is 31.3. The van der Waals surface area contributed by atoms with Gasteiger partial charge in [0, 0.05) is 17.3 Å². The van der Waals surface area contributed by atoms with E-state index < -0.39 is 11.9 Å². The van der Waals surface area contributed by atoms with Gasteiger partial charge in [-0.15, -0.1) is 0 Å². The quantitative estimate of drug-likeness (QED) is 0.300. The van der Waals surface area contributed by atoms with Crippen LogP contribution in [-0.4, -0.2) is 62.5 Å². The van der Waals surface area contributed by atoms with E-state index in [4.69, 9.17) is 14.9 Å². The van der Waals surface area contributed by atoms with E-state index in [2.05, 4.69) is 20.3 Å². The van der Waals surface area contributed by atoms with E-state index in [1.54, 1.807) is 55.8 Å². The van der Waals surface area contributed by atoms with Gasteiger partial charge in [-0.3, -0.25) is 4.79 Å². The van der Waals surface area contributed by atoms with Crippen molar-refractivity contribution in [1.82, 2.24) is 20.3 Å². The summed E-state index contributed by atoms with van der Waals surface area (Å²) in [6.07, 6.45) is 1.64. The molecule has 0 unspecified atom stereocenters. The van der Waals surface area contributed by atoms with Crippen molar-refractivity contribution in [3.63, 3.8) is 0 Å². The number of imidazole rings is 1. The van der Waals surface area contributed by atoms with Crippen LogP contribution in [0.15, 0.2) is 54.7 Å². The lowest BCUT2D eigenvalue weighted by molar-refractivity contribution is 0.0879. The molecule has 4 aromatic rings. The van der Waals surface area contributed by atoms with Gasteiger partial charge in [0.15, 0.2) is 0 Å². The molecule has 0 spiro atoms. The Morgan fingerprint density at radius 2 is 1.94 bits per heavy atom. The zero-order valence-electron chi connectivity index (χ0n) is 17.2. The van der Waals surface area contributed by atoms with Gasteiger partial charge in [0.1, 0.15) is 11.6 Å². The predicted molar refractivity (Wildman–Crippen MR) is 118 cm³/mol. The highest BCUT2D eigenvalue weighted by Crippen LogP contribution is 2.35. The number of H-pyrrole nitrogens is 1. The summed E-state index contributed by atoms with van der Waals surface area (Å²) in [4.78, 5) is 24.3. The molecule has 2 aromatic carbocycles. The van der Waals surface area contributed by atoms with Crippen LogP contribution in [-0.2, 0) is 0 Å². The minimum atomic E-state index is -0.736. The number of amides is 1. The summed E-state index contributed by atoms with van der Waals surface area (Å²) >= 11 is 0. The Labute approximate surface area is 183 Å². The number of aromatic amines is 1. The maximum atomic E-state index is 12.4. The van der Waals surface area contributed by atoms with Crippen LogP contribution in [0.4, 0.5) is 0 Å². The Morgan fingerprint density at radius 3 is 2.69 bits per heavy atom. The first-order valence-electron chi connectivity index (χ1n) is 9.89. The smallest absolute Gasteiger partial charge is 0.251 e. The number of aliphatic hydroxyl groups excluding tert-OH is 2. The number of carbonyl (C=O) groups is 1. The summed E-state index contributed by atoms with van der Waals surface area (Å²) < 4.78 is 5.34. The fourth-order valence-corrected chi connectivity index (χ4v) is 3.36. The Kier molecular flexibility index (Phi) is 6.02. The first-order valence-corrected chi connectivity index (χ1v) is 9.89. The molecule has 9 nitrogen and oxygen atoms in total. The lowest BCUT2D eigenvalue weighted by Gasteiger charge is -2.13. The highest BCUT2D eigenvalue weighted by molar-refractivity contribution is 5.98. The number of carbonyl (C=O) groups excluding carboxylic acids is 1. The molecule has 0 fully saturated rings. The van der Waals surface area contributed by atoms with Gasteiger partial charge in [0.25, 0.3) is 5.91 Å². The summed E-state index contributed by atoms with van der Waals surface area (Å²) in [6, 6.07) is 13.0. The normalized spacial score (nSPS) is 11.1. The van der Waals surface area contributed by atoms with Crippen molar-refractivity contribution in [3.05, 3.63) is 60.3 Å². The number of rotatable bonds is 7. The number of phenolic OH excluding ortho intramolecular Hbond substituents is 1. The monoisotopic (exact) mass is 434 g/mol. The Balaban J connectivity index is 1.70. The number of aromatic nitrogens is 3. The number of nitrogens with zero attached hydrogens (tertiary/aromatic N) is 2. The van der Waals surface area contributed by atoms with Crippen LogP contribution in [0.5, 0.6) is 11.6 Å². The zero-order valence-corrected chi connectivity index (χ0v) is 17.2. The molecule has 1 amide bonds. The van der Waals surface area contributed by atoms with Gasteiger partial charge < -0.3 is 30.4 Å². The Morgan fingerprint density at radius 1 is 1.12 bits per heavy atom. The summed E-state index contributed by atoms with van der Waals surface area (Å²) in [6.45, 7) is -0.730. The molecule has 4 rings (SSSR count). The number of fused-ring (bicyclic) bond motifs is 1. The Hall–Kier alpha value is -3.95. The molecular weight excluding hydrogens is 412 g/mol. The molecule has 32 heavy (non-hydrogen) atoms. The van der Waals surface area contributed by atoms with E-state index in [1.165, 1.54) is 0 Å². The largest absolute Gasteiger partial charge is 0.507 e. The third-order valence-electron chi connectivity index (χ3n) is 5.05. The van der Waals surface area contributed by atoms with Gasteiger partial charge in [-0.1, -0.05) is 6.07 Å². The maximum Gasteiger partial charge on any atom is 0.251 e. The fraction of sp³-hybridized carbons (Fsp3) is 0.174. The number of aliphatic hydroxyl groups is 2. The minimum Gasteiger partial charge on any atom is -0.507 e. The van der Waals surface area contributed by atoms with E-state index >= 15 is 0 Å². The lowest BCUT2D eigenvalue weighted by atomic mass is 10.0. The predicted octanol–water partition coefficient (Wildman–Crippen LogP) is 2.09. The van der Waals surface area contributed by atoms with Crippen molar-refractivity contribution in [3.8, 4) is 34.1 Å². The van der Waals surface area contributed by atoms with Crippen molar-refractivity contribution in [1.29, 1.82) is 0 Å². The van der Waals surface area contributed by atoms with Crippen LogP contribution < -0.4 is 10.1 Å². The topological polar surface area (TPSA) is 141 Å². The number of methoxy groups -OCH3 is 1. The van der Waals surface area contributed by atoms with E-state index in [9.17, 15) is 9.90 Å². The third kappa shape index (κ3) is 4.11. The molecule has 164 valence electrons. The molecule has 0 bridgehead atoms. The fourth-order valence-electron chi connectivity index (χ4n) is 3.36. The molecule has 0 aliphatic rings. The maximum absolute atomic E-state index is 12.4. The first-order chi connectivity index (χ1) is 15.5. The number of phenols is 1. The first kappa shape index (κ1) is 21.3. The summed E-state index contributed by atoms with van der Waals surface area (Å²) in [7, 11) is 1.55. The molecular formula is C23H22N4O5. The van der Waals surface area contributed by atoms with Crippen molar-refractivity contribution in [2.45, 2.75) is 6.04 Å². The number of pyridine rings is 1. The van der Waals surface area contributed by atoms with Crippen LogP contribution in [0.1, 0.15) is 10.4 Å². The molecule has 2 heterocycles. The molecule has 2 aromatic heterocycles. The van der Waals surface area contributed by atoms with Crippen molar-refractivity contribution in [2.75, 3.05) is 20.3 Å². The number of hydrogen-bond donors (Lipinski definition) is 5. The molecule has 0 aliphatic heterocycles. The average molecular weight is 434 g/mol. The highest BCUT2D eigenvalue weighted by Gasteiger charge is 2.16. The molecule has 5 N–H and O–H groups in total. The minimum absolute atomic E-state index is 0.0439. The van der Waals surface area contributed by atoms with Crippen LogP contribution in [0.3, 0.4) is 0 Å². The van der Waals surface area contributed by atoms with Crippen LogP contribution >= 0.6 is 0 Å². The van der Waals surface area contributed by atoms with Crippen molar-refractivity contribution in [2.24, 2.45) is 0 Å². The van der Waals surface area contributed by atoms with Gasteiger partial charge >= 0.3 is 0 Å². The second kappa shape index (κ2) is 9.04. The lowest BCUT2D eigenvalue weighted by Crippen LogP contribution is -2.40. The molecule has 0 radical (unpaired) electrons. The molecule has 9 heteroatoms. The second-order valence-electron chi connectivity index (χ2n) is 7.15. The Bertz CT molecular complexity index is 1270. The molecule has 0 saturated carbocycles. The molecule has 0 saturated heterocycles. The molecule has 0 atom stereocenters. The highest BCUT2D eigenvalue weighted by atomic mass is 16.5. The van der Waals surface area contributed by atoms with Crippen molar-refractivity contribution < 1.29 is 24.9 Å². The SMILES string of the molecule is COc1ncccc1-c1ccc(O)c(-c2nc3ccc(C(=O)NC(CO)CO)cc3[nH]2)c1.